The molecule has 3 N–H and O–H groups in total. The summed E-state index contributed by atoms with van der Waals surface area (Å²) in [7, 11) is 0. The molecule has 112 valence electrons. The van der Waals surface area contributed by atoms with Crippen molar-refractivity contribution in [2.24, 2.45) is 16.3 Å². The summed E-state index contributed by atoms with van der Waals surface area (Å²) in [6, 6.07) is 8.05. The van der Waals surface area contributed by atoms with E-state index >= 15 is 0 Å². The van der Waals surface area contributed by atoms with Crippen LogP contribution in [0.15, 0.2) is 29.4 Å². The molecule has 1 fully saturated rings. The van der Waals surface area contributed by atoms with E-state index in [0.717, 1.165) is 31.4 Å². The molecule has 0 saturated heterocycles. The molecule has 0 unspecified atom stereocenters. The largest absolute Gasteiger partial charge is 0.409 e. The van der Waals surface area contributed by atoms with Crippen molar-refractivity contribution >= 4 is 17.4 Å². The van der Waals surface area contributed by atoms with E-state index in [0.29, 0.717) is 19.4 Å². The molecule has 0 radical (unpaired) electrons. The molecule has 1 amide bonds. The van der Waals surface area contributed by atoms with E-state index in [1.165, 1.54) is 5.56 Å². The van der Waals surface area contributed by atoms with Crippen molar-refractivity contribution in [3.05, 3.63) is 29.8 Å². The number of aryl methyl sites for hydroxylation is 1. The van der Waals surface area contributed by atoms with Gasteiger partial charge in [-0.05, 0) is 43.7 Å². The molecule has 5 heteroatoms. The van der Waals surface area contributed by atoms with Crippen molar-refractivity contribution in [1.29, 1.82) is 0 Å². The van der Waals surface area contributed by atoms with Gasteiger partial charge in [-0.25, -0.2) is 0 Å². The predicted molar refractivity (Wildman–Crippen MR) is 81.4 cm³/mol. The third-order valence-electron chi connectivity index (χ3n) is 4.82. The SMILES string of the molecule is N/C(=N/O)C1(C(=O)N2CCCCc3ccccc32)CCC1. The lowest BCUT2D eigenvalue weighted by Crippen LogP contribution is -2.55. The molecule has 2 aliphatic rings. The van der Waals surface area contributed by atoms with Crippen molar-refractivity contribution in [2.75, 3.05) is 11.4 Å². The van der Waals surface area contributed by atoms with Crippen LogP contribution in [0.5, 0.6) is 0 Å². The van der Waals surface area contributed by atoms with E-state index in [9.17, 15) is 4.79 Å². The van der Waals surface area contributed by atoms with Gasteiger partial charge in [0.2, 0.25) is 5.91 Å². The zero-order chi connectivity index (χ0) is 14.9. The number of anilines is 1. The number of carbonyl (C=O) groups is 1. The van der Waals surface area contributed by atoms with E-state index in [-0.39, 0.29) is 11.7 Å². The van der Waals surface area contributed by atoms with Crippen LogP contribution in [0.25, 0.3) is 0 Å². The predicted octanol–water partition coefficient (Wildman–Crippen LogP) is 2.27. The number of para-hydroxylation sites is 1. The summed E-state index contributed by atoms with van der Waals surface area (Å²) in [4.78, 5) is 14.9. The van der Waals surface area contributed by atoms with E-state index in [4.69, 9.17) is 10.9 Å². The van der Waals surface area contributed by atoms with Gasteiger partial charge in [-0.1, -0.05) is 29.8 Å². The topological polar surface area (TPSA) is 78.9 Å². The van der Waals surface area contributed by atoms with Crippen LogP contribution in [0.3, 0.4) is 0 Å². The van der Waals surface area contributed by atoms with Crippen LogP contribution in [-0.4, -0.2) is 23.5 Å². The van der Waals surface area contributed by atoms with Crippen LogP contribution in [0.2, 0.25) is 0 Å². The average Bonchev–Trinajstić information content (AvgIpc) is 2.68. The van der Waals surface area contributed by atoms with Crippen molar-refractivity contribution in [3.8, 4) is 0 Å². The van der Waals surface area contributed by atoms with Gasteiger partial charge in [-0.15, -0.1) is 0 Å². The summed E-state index contributed by atoms with van der Waals surface area (Å²) in [5.74, 6) is 0.0406. The van der Waals surface area contributed by atoms with Gasteiger partial charge in [0, 0.05) is 12.2 Å². The second-order valence-electron chi connectivity index (χ2n) is 5.96. The molecular weight excluding hydrogens is 266 g/mol. The first-order chi connectivity index (χ1) is 10.2. The lowest BCUT2D eigenvalue weighted by atomic mass is 9.66. The van der Waals surface area contributed by atoms with Gasteiger partial charge >= 0.3 is 0 Å². The van der Waals surface area contributed by atoms with Gasteiger partial charge in [-0.2, -0.15) is 0 Å². The standard InChI is InChI=1S/C16H21N3O2/c17-14(18-21)16(9-5-10-16)15(20)19-11-4-3-7-12-6-1-2-8-13(12)19/h1-2,6,8,21H,3-5,7,9-11H2,(H2,17,18). The Kier molecular flexibility index (Phi) is 3.57. The summed E-state index contributed by atoms with van der Waals surface area (Å²) >= 11 is 0. The average molecular weight is 287 g/mol. The zero-order valence-corrected chi connectivity index (χ0v) is 12.1. The molecule has 1 saturated carbocycles. The third-order valence-corrected chi connectivity index (χ3v) is 4.82. The first-order valence-corrected chi connectivity index (χ1v) is 7.57. The molecule has 1 aromatic rings. The van der Waals surface area contributed by atoms with Gasteiger partial charge in [0.25, 0.3) is 0 Å². The minimum Gasteiger partial charge on any atom is -0.409 e. The number of oxime groups is 1. The van der Waals surface area contributed by atoms with Crippen molar-refractivity contribution < 1.29 is 10.0 Å². The summed E-state index contributed by atoms with van der Waals surface area (Å²) in [5, 5.41) is 12.2. The van der Waals surface area contributed by atoms with Crippen LogP contribution in [0, 0.1) is 5.41 Å². The zero-order valence-electron chi connectivity index (χ0n) is 12.1. The minimum atomic E-state index is -0.799. The van der Waals surface area contributed by atoms with Crippen LogP contribution in [-0.2, 0) is 11.2 Å². The Labute approximate surface area is 124 Å². The number of nitrogens with zero attached hydrogens (tertiary/aromatic N) is 2. The highest BCUT2D eigenvalue weighted by Gasteiger charge is 2.50. The Hall–Kier alpha value is -2.04. The molecule has 5 nitrogen and oxygen atoms in total. The van der Waals surface area contributed by atoms with Gasteiger partial charge in [0.15, 0.2) is 5.84 Å². The number of rotatable bonds is 2. The first-order valence-electron chi connectivity index (χ1n) is 7.57. The number of hydrogen-bond donors (Lipinski definition) is 2. The lowest BCUT2D eigenvalue weighted by Gasteiger charge is -2.42. The van der Waals surface area contributed by atoms with Crippen molar-refractivity contribution in [3.63, 3.8) is 0 Å². The maximum Gasteiger partial charge on any atom is 0.240 e. The molecular formula is C16H21N3O2. The molecule has 3 rings (SSSR count). The Balaban J connectivity index is 1.98. The van der Waals surface area contributed by atoms with Gasteiger partial charge < -0.3 is 15.8 Å². The van der Waals surface area contributed by atoms with Crippen molar-refractivity contribution in [1.82, 2.24) is 0 Å². The summed E-state index contributed by atoms with van der Waals surface area (Å²) in [6.07, 6.45) is 5.33. The number of fused-ring (bicyclic) bond motifs is 1. The number of amidine groups is 1. The van der Waals surface area contributed by atoms with Crippen LogP contribution < -0.4 is 10.6 Å². The molecule has 21 heavy (non-hydrogen) atoms. The van der Waals surface area contributed by atoms with Gasteiger partial charge in [-0.3, -0.25) is 4.79 Å². The maximum atomic E-state index is 13.1. The van der Waals surface area contributed by atoms with E-state index < -0.39 is 5.41 Å². The second kappa shape index (κ2) is 5.39. The summed E-state index contributed by atoms with van der Waals surface area (Å²) in [5.41, 5.74) is 7.22. The number of amides is 1. The molecule has 1 aliphatic carbocycles. The molecule has 1 heterocycles. The molecule has 0 atom stereocenters. The summed E-state index contributed by atoms with van der Waals surface area (Å²) in [6.45, 7) is 0.705. The van der Waals surface area contributed by atoms with E-state index in [2.05, 4.69) is 11.2 Å². The number of carbonyl (C=O) groups excluding carboxylic acids is 1. The van der Waals surface area contributed by atoms with Crippen LogP contribution in [0.1, 0.15) is 37.7 Å². The van der Waals surface area contributed by atoms with E-state index in [1.54, 1.807) is 0 Å². The third kappa shape index (κ3) is 2.17. The molecule has 0 bridgehead atoms. The molecule has 1 aromatic carbocycles. The fourth-order valence-corrected chi connectivity index (χ4v) is 3.37. The highest BCUT2D eigenvalue weighted by molar-refractivity contribution is 6.13. The Morgan fingerprint density at radius 1 is 1.24 bits per heavy atom. The van der Waals surface area contributed by atoms with E-state index in [1.807, 2.05) is 23.1 Å². The Morgan fingerprint density at radius 3 is 2.67 bits per heavy atom. The normalized spacial score (nSPS) is 21.1. The van der Waals surface area contributed by atoms with Crippen molar-refractivity contribution in [2.45, 2.75) is 38.5 Å². The maximum absolute atomic E-state index is 13.1. The molecule has 0 aromatic heterocycles. The second-order valence-corrected chi connectivity index (χ2v) is 5.96. The number of nitrogens with two attached hydrogens (primary N) is 1. The number of benzene rings is 1. The molecule has 1 aliphatic heterocycles. The first kappa shape index (κ1) is 13.9. The van der Waals surface area contributed by atoms with Crippen LogP contribution >= 0.6 is 0 Å². The fraction of sp³-hybridized carbons (Fsp3) is 0.500. The monoisotopic (exact) mass is 287 g/mol. The molecule has 0 spiro atoms. The fourth-order valence-electron chi connectivity index (χ4n) is 3.37. The highest BCUT2D eigenvalue weighted by atomic mass is 16.4. The Morgan fingerprint density at radius 2 is 2.00 bits per heavy atom. The van der Waals surface area contributed by atoms with Crippen LogP contribution in [0.4, 0.5) is 5.69 Å². The smallest absolute Gasteiger partial charge is 0.240 e. The number of hydrogen-bond acceptors (Lipinski definition) is 3. The lowest BCUT2D eigenvalue weighted by molar-refractivity contribution is -0.128. The van der Waals surface area contributed by atoms with Gasteiger partial charge in [0.1, 0.15) is 5.41 Å². The quantitative estimate of drug-likeness (QED) is 0.379. The van der Waals surface area contributed by atoms with Gasteiger partial charge in [0.05, 0.1) is 0 Å². The summed E-state index contributed by atoms with van der Waals surface area (Å²) < 4.78 is 0. The Bertz CT molecular complexity index is 579. The minimum absolute atomic E-state index is 0.0154. The highest BCUT2D eigenvalue weighted by Crippen LogP contribution is 2.44.